The van der Waals surface area contributed by atoms with Crippen LogP contribution in [0.5, 0.6) is 0 Å². The highest BCUT2D eigenvalue weighted by molar-refractivity contribution is 5.93. The molecule has 1 saturated heterocycles. The van der Waals surface area contributed by atoms with Crippen LogP contribution in [0.1, 0.15) is 28.4 Å². The Hall–Kier alpha value is -2.63. The van der Waals surface area contributed by atoms with E-state index >= 15 is 0 Å². The lowest BCUT2D eigenvalue weighted by Crippen LogP contribution is -2.17. The monoisotopic (exact) mass is 270 g/mol. The Kier molecular flexibility index (Phi) is 2.98. The molecule has 6 heteroatoms. The van der Waals surface area contributed by atoms with Gasteiger partial charge >= 0.3 is 0 Å². The topological polar surface area (TPSA) is 90.0 Å². The van der Waals surface area contributed by atoms with Gasteiger partial charge in [0.25, 0.3) is 5.91 Å². The van der Waals surface area contributed by atoms with Crippen molar-refractivity contribution in [3.8, 4) is 5.69 Å². The summed E-state index contributed by atoms with van der Waals surface area (Å²) in [6, 6.07) is 9.46. The number of hydrogen-bond donors (Lipinski definition) is 2. The molecule has 2 aromatic rings. The van der Waals surface area contributed by atoms with Gasteiger partial charge < -0.3 is 11.1 Å². The van der Waals surface area contributed by atoms with Crippen LogP contribution in [0.15, 0.2) is 36.5 Å². The van der Waals surface area contributed by atoms with E-state index in [4.69, 9.17) is 5.73 Å². The highest BCUT2D eigenvalue weighted by atomic mass is 16.2. The summed E-state index contributed by atoms with van der Waals surface area (Å²) >= 11 is 0. The molecule has 20 heavy (non-hydrogen) atoms. The molecule has 102 valence electrons. The van der Waals surface area contributed by atoms with E-state index in [1.807, 2.05) is 30.3 Å². The Morgan fingerprint density at radius 2 is 2.10 bits per heavy atom. The number of primary amides is 1. The van der Waals surface area contributed by atoms with Crippen LogP contribution in [-0.4, -0.2) is 28.1 Å². The van der Waals surface area contributed by atoms with Gasteiger partial charge in [0, 0.05) is 30.6 Å². The molecule has 1 unspecified atom stereocenters. The predicted molar refractivity (Wildman–Crippen MR) is 72.4 cm³/mol. The molecule has 0 spiro atoms. The Morgan fingerprint density at radius 3 is 2.70 bits per heavy atom. The van der Waals surface area contributed by atoms with Crippen molar-refractivity contribution in [2.24, 2.45) is 5.73 Å². The van der Waals surface area contributed by atoms with Crippen molar-refractivity contribution in [3.63, 3.8) is 0 Å². The van der Waals surface area contributed by atoms with Crippen LogP contribution in [0.25, 0.3) is 5.69 Å². The van der Waals surface area contributed by atoms with E-state index in [2.05, 4.69) is 10.4 Å². The molecule has 1 aromatic heterocycles. The molecular weight excluding hydrogens is 256 g/mol. The summed E-state index contributed by atoms with van der Waals surface area (Å²) in [4.78, 5) is 22.9. The number of aromatic nitrogens is 2. The number of nitrogens with one attached hydrogen (secondary N) is 1. The Bertz CT molecular complexity index is 663. The molecule has 1 fully saturated rings. The van der Waals surface area contributed by atoms with Crippen molar-refractivity contribution in [3.05, 3.63) is 47.8 Å². The number of rotatable bonds is 3. The molecule has 1 aliphatic rings. The molecule has 1 aliphatic heterocycles. The van der Waals surface area contributed by atoms with Crippen LogP contribution >= 0.6 is 0 Å². The fourth-order valence-electron chi connectivity index (χ4n) is 2.42. The molecule has 1 atom stereocenters. The molecule has 3 N–H and O–H groups in total. The summed E-state index contributed by atoms with van der Waals surface area (Å²) in [6.45, 7) is 0.513. The van der Waals surface area contributed by atoms with Gasteiger partial charge in [-0.15, -0.1) is 0 Å². The van der Waals surface area contributed by atoms with Crippen LogP contribution < -0.4 is 11.1 Å². The van der Waals surface area contributed by atoms with Crippen molar-refractivity contribution in [1.82, 2.24) is 15.1 Å². The molecule has 6 nitrogen and oxygen atoms in total. The molecule has 0 saturated carbocycles. The number of carbonyl (C=O) groups is 2. The standard InChI is InChI=1S/C14H14N4O2/c15-14(20)13-11(9-6-12(19)16-7-9)8-18(17-13)10-4-2-1-3-5-10/h1-5,8-9H,6-7H2,(H2,15,20)(H,16,19). The first-order valence-corrected chi connectivity index (χ1v) is 6.36. The van der Waals surface area contributed by atoms with Crippen molar-refractivity contribution in [1.29, 1.82) is 0 Å². The van der Waals surface area contributed by atoms with Crippen LogP contribution in [0.3, 0.4) is 0 Å². The summed E-state index contributed by atoms with van der Waals surface area (Å²) in [5, 5.41) is 7.01. The summed E-state index contributed by atoms with van der Waals surface area (Å²) in [5.41, 5.74) is 7.19. The zero-order chi connectivity index (χ0) is 14.1. The van der Waals surface area contributed by atoms with Crippen LogP contribution in [0.2, 0.25) is 0 Å². The van der Waals surface area contributed by atoms with Crippen LogP contribution in [-0.2, 0) is 4.79 Å². The zero-order valence-corrected chi connectivity index (χ0v) is 10.7. The number of amides is 2. The minimum Gasteiger partial charge on any atom is -0.364 e. The molecule has 0 aliphatic carbocycles. The highest BCUT2D eigenvalue weighted by Crippen LogP contribution is 2.26. The fourth-order valence-corrected chi connectivity index (χ4v) is 2.42. The molecule has 2 heterocycles. The molecule has 1 aromatic carbocycles. The normalized spacial score (nSPS) is 18.0. The average Bonchev–Trinajstić information content (AvgIpc) is 3.05. The first kappa shape index (κ1) is 12.4. The smallest absolute Gasteiger partial charge is 0.269 e. The van der Waals surface area contributed by atoms with E-state index in [0.717, 1.165) is 11.3 Å². The third-order valence-corrected chi connectivity index (χ3v) is 3.41. The van der Waals surface area contributed by atoms with Crippen LogP contribution in [0.4, 0.5) is 0 Å². The molecular formula is C14H14N4O2. The fraction of sp³-hybridized carbons (Fsp3) is 0.214. The van der Waals surface area contributed by atoms with Gasteiger partial charge in [-0.1, -0.05) is 18.2 Å². The van der Waals surface area contributed by atoms with Gasteiger partial charge in [0.15, 0.2) is 5.69 Å². The highest BCUT2D eigenvalue weighted by Gasteiger charge is 2.29. The van der Waals surface area contributed by atoms with E-state index in [1.165, 1.54) is 0 Å². The van der Waals surface area contributed by atoms with Crippen molar-refractivity contribution < 1.29 is 9.59 Å². The first-order chi connectivity index (χ1) is 9.65. The summed E-state index contributed by atoms with van der Waals surface area (Å²) in [5.74, 6) is -0.644. The third-order valence-electron chi connectivity index (χ3n) is 3.41. The second-order valence-corrected chi connectivity index (χ2v) is 4.78. The number of benzene rings is 1. The lowest BCUT2D eigenvalue weighted by molar-refractivity contribution is -0.119. The quantitative estimate of drug-likeness (QED) is 0.854. The average molecular weight is 270 g/mol. The third kappa shape index (κ3) is 2.16. The maximum absolute atomic E-state index is 11.5. The Balaban J connectivity index is 2.03. The van der Waals surface area contributed by atoms with Crippen molar-refractivity contribution in [2.75, 3.05) is 6.54 Å². The van der Waals surface area contributed by atoms with Gasteiger partial charge in [-0.2, -0.15) is 5.10 Å². The van der Waals surface area contributed by atoms with Gasteiger partial charge in [0.05, 0.1) is 5.69 Å². The second-order valence-electron chi connectivity index (χ2n) is 4.78. The van der Waals surface area contributed by atoms with Gasteiger partial charge in [0.1, 0.15) is 0 Å². The summed E-state index contributed by atoms with van der Waals surface area (Å²) in [6.07, 6.45) is 2.14. The van der Waals surface area contributed by atoms with E-state index in [9.17, 15) is 9.59 Å². The predicted octanol–water partition coefficient (Wildman–Crippen LogP) is 0.575. The molecule has 0 radical (unpaired) electrons. The summed E-state index contributed by atoms with van der Waals surface area (Å²) < 4.78 is 1.62. The SMILES string of the molecule is NC(=O)c1nn(-c2ccccc2)cc1C1CNC(=O)C1. The van der Waals surface area contributed by atoms with Crippen molar-refractivity contribution in [2.45, 2.75) is 12.3 Å². The number of nitrogens with two attached hydrogens (primary N) is 1. The van der Waals surface area contributed by atoms with E-state index in [-0.39, 0.29) is 17.5 Å². The lowest BCUT2D eigenvalue weighted by atomic mass is 9.98. The van der Waals surface area contributed by atoms with Crippen molar-refractivity contribution >= 4 is 11.8 Å². The lowest BCUT2D eigenvalue weighted by Gasteiger charge is -2.04. The summed E-state index contributed by atoms with van der Waals surface area (Å²) in [7, 11) is 0. The Morgan fingerprint density at radius 1 is 1.35 bits per heavy atom. The maximum Gasteiger partial charge on any atom is 0.269 e. The number of hydrogen-bond acceptors (Lipinski definition) is 3. The van der Waals surface area contributed by atoms with Gasteiger partial charge in [-0.05, 0) is 12.1 Å². The minimum absolute atomic E-state index is 0.0159. The number of carbonyl (C=O) groups excluding carboxylic acids is 2. The van der Waals surface area contributed by atoms with Crippen LogP contribution in [0, 0.1) is 0 Å². The number of para-hydroxylation sites is 1. The first-order valence-electron chi connectivity index (χ1n) is 6.36. The van der Waals surface area contributed by atoms with Gasteiger partial charge in [-0.25, -0.2) is 4.68 Å². The molecule has 0 bridgehead atoms. The van der Waals surface area contributed by atoms with E-state index in [1.54, 1.807) is 10.9 Å². The molecule has 3 rings (SSSR count). The van der Waals surface area contributed by atoms with E-state index in [0.29, 0.717) is 13.0 Å². The minimum atomic E-state index is -0.575. The van der Waals surface area contributed by atoms with E-state index < -0.39 is 5.91 Å². The molecule has 2 amide bonds. The number of nitrogens with zero attached hydrogens (tertiary/aromatic N) is 2. The van der Waals surface area contributed by atoms with Gasteiger partial charge in [0.2, 0.25) is 5.91 Å². The second kappa shape index (κ2) is 4.80. The Labute approximate surface area is 115 Å². The van der Waals surface area contributed by atoms with Gasteiger partial charge in [-0.3, -0.25) is 9.59 Å². The maximum atomic E-state index is 11.5. The zero-order valence-electron chi connectivity index (χ0n) is 10.7. The largest absolute Gasteiger partial charge is 0.364 e.